The standard InChI is InChI=1S/C13H14FN3O3S2/c1-15-22(19,20)12-7-6-9(21-12)8-16-13(18)17-11-5-3-2-4-10(11)14/h2-7,15H,8H2,1H3,(H2,16,17,18). The van der Waals surface area contributed by atoms with Crippen LogP contribution < -0.4 is 15.4 Å². The zero-order valence-electron chi connectivity index (χ0n) is 11.6. The summed E-state index contributed by atoms with van der Waals surface area (Å²) in [6.07, 6.45) is 0. The average molecular weight is 343 g/mol. The van der Waals surface area contributed by atoms with Crippen LogP contribution in [0.5, 0.6) is 0 Å². The third-order valence-corrected chi connectivity index (χ3v) is 5.71. The second-order valence-electron chi connectivity index (χ2n) is 4.22. The number of benzene rings is 1. The Balaban J connectivity index is 1.93. The fourth-order valence-corrected chi connectivity index (χ4v) is 3.73. The van der Waals surface area contributed by atoms with E-state index in [9.17, 15) is 17.6 Å². The minimum atomic E-state index is -3.48. The molecule has 0 aliphatic heterocycles. The zero-order chi connectivity index (χ0) is 16.2. The van der Waals surface area contributed by atoms with E-state index >= 15 is 0 Å². The van der Waals surface area contributed by atoms with E-state index in [1.807, 2.05) is 0 Å². The monoisotopic (exact) mass is 343 g/mol. The third-order valence-electron chi connectivity index (χ3n) is 2.72. The lowest BCUT2D eigenvalue weighted by Gasteiger charge is -2.07. The summed E-state index contributed by atoms with van der Waals surface area (Å²) < 4.78 is 38.9. The fraction of sp³-hybridized carbons (Fsp3) is 0.154. The predicted molar refractivity (Wildman–Crippen MR) is 82.8 cm³/mol. The molecule has 0 saturated heterocycles. The molecule has 0 radical (unpaired) electrons. The Morgan fingerprint density at radius 1 is 1.23 bits per heavy atom. The van der Waals surface area contributed by atoms with Crippen molar-refractivity contribution in [1.82, 2.24) is 10.0 Å². The zero-order valence-corrected chi connectivity index (χ0v) is 13.2. The number of anilines is 1. The number of urea groups is 1. The molecule has 6 nitrogen and oxygen atoms in total. The van der Waals surface area contributed by atoms with Crippen LogP contribution in [0.4, 0.5) is 14.9 Å². The topological polar surface area (TPSA) is 87.3 Å². The van der Waals surface area contributed by atoms with Gasteiger partial charge in [-0.3, -0.25) is 0 Å². The van der Waals surface area contributed by atoms with Crippen LogP contribution in [-0.2, 0) is 16.6 Å². The first-order chi connectivity index (χ1) is 10.4. The Kier molecular flexibility index (Phi) is 5.11. The number of amides is 2. The first-order valence-electron chi connectivity index (χ1n) is 6.24. The number of hydrogen-bond acceptors (Lipinski definition) is 4. The van der Waals surface area contributed by atoms with Crippen LogP contribution in [0.25, 0.3) is 0 Å². The fourth-order valence-electron chi connectivity index (χ4n) is 1.59. The van der Waals surface area contributed by atoms with Gasteiger partial charge in [-0.1, -0.05) is 12.1 Å². The van der Waals surface area contributed by atoms with E-state index in [1.165, 1.54) is 31.3 Å². The minimum Gasteiger partial charge on any atom is -0.333 e. The predicted octanol–water partition coefficient (Wildman–Crippen LogP) is 2.12. The van der Waals surface area contributed by atoms with Crippen LogP contribution in [-0.4, -0.2) is 21.5 Å². The lowest BCUT2D eigenvalue weighted by Crippen LogP contribution is -2.28. The third kappa shape index (κ3) is 4.03. The first kappa shape index (κ1) is 16.4. The summed E-state index contributed by atoms with van der Waals surface area (Å²) in [6, 6.07) is 8.30. The van der Waals surface area contributed by atoms with Crippen LogP contribution in [0, 0.1) is 5.82 Å². The molecule has 2 rings (SSSR count). The molecule has 118 valence electrons. The number of halogens is 1. The highest BCUT2D eigenvalue weighted by Crippen LogP contribution is 2.21. The largest absolute Gasteiger partial charge is 0.333 e. The molecule has 1 heterocycles. The average Bonchev–Trinajstić information content (AvgIpc) is 2.97. The van der Waals surface area contributed by atoms with Gasteiger partial charge in [0.2, 0.25) is 10.0 Å². The Bertz CT molecular complexity index is 774. The van der Waals surface area contributed by atoms with Crippen molar-refractivity contribution in [3.8, 4) is 0 Å². The molecule has 3 N–H and O–H groups in total. The van der Waals surface area contributed by atoms with E-state index in [4.69, 9.17) is 0 Å². The van der Waals surface area contributed by atoms with Gasteiger partial charge in [-0.15, -0.1) is 11.3 Å². The highest BCUT2D eigenvalue weighted by molar-refractivity contribution is 7.91. The van der Waals surface area contributed by atoms with Crippen molar-refractivity contribution in [3.05, 3.63) is 47.1 Å². The van der Waals surface area contributed by atoms with Gasteiger partial charge in [-0.05, 0) is 31.3 Å². The number of carbonyl (C=O) groups is 1. The number of para-hydroxylation sites is 1. The van der Waals surface area contributed by atoms with Crippen molar-refractivity contribution in [3.63, 3.8) is 0 Å². The Morgan fingerprint density at radius 3 is 2.64 bits per heavy atom. The SMILES string of the molecule is CNS(=O)(=O)c1ccc(CNC(=O)Nc2ccccc2F)s1. The Labute approximate surface area is 131 Å². The molecule has 9 heteroatoms. The molecule has 0 aliphatic rings. The van der Waals surface area contributed by atoms with Crippen molar-refractivity contribution >= 4 is 33.1 Å². The molecule has 1 aromatic heterocycles. The summed E-state index contributed by atoms with van der Waals surface area (Å²) in [5.74, 6) is -0.531. The van der Waals surface area contributed by atoms with Crippen molar-refractivity contribution in [2.45, 2.75) is 10.8 Å². The maximum atomic E-state index is 13.4. The smallest absolute Gasteiger partial charge is 0.319 e. The van der Waals surface area contributed by atoms with Crippen LogP contribution in [0.3, 0.4) is 0 Å². The lowest BCUT2D eigenvalue weighted by molar-refractivity contribution is 0.251. The maximum Gasteiger partial charge on any atom is 0.319 e. The van der Waals surface area contributed by atoms with Gasteiger partial charge in [0.25, 0.3) is 0 Å². The van der Waals surface area contributed by atoms with Crippen molar-refractivity contribution in [2.75, 3.05) is 12.4 Å². The van der Waals surface area contributed by atoms with E-state index in [0.29, 0.717) is 4.88 Å². The highest BCUT2D eigenvalue weighted by atomic mass is 32.2. The van der Waals surface area contributed by atoms with E-state index in [0.717, 1.165) is 11.3 Å². The molecule has 0 aliphatic carbocycles. The molecular formula is C13H14FN3O3S2. The number of carbonyl (C=O) groups excluding carboxylic acids is 1. The molecule has 0 atom stereocenters. The molecular weight excluding hydrogens is 329 g/mol. The summed E-state index contributed by atoms with van der Waals surface area (Å²) in [7, 11) is -2.15. The van der Waals surface area contributed by atoms with Crippen LogP contribution in [0.15, 0.2) is 40.6 Å². The van der Waals surface area contributed by atoms with Gasteiger partial charge >= 0.3 is 6.03 Å². The molecule has 2 amide bonds. The van der Waals surface area contributed by atoms with E-state index in [1.54, 1.807) is 12.1 Å². The van der Waals surface area contributed by atoms with Gasteiger partial charge in [-0.25, -0.2) is 22.3 Å². The van der Waals surface area contributed by atoms with Crippen LogP contribution in [0.1, 0.15) is 4.88 Å². The molecule has 0 saturated carbocycles. The van der Waals surface area contributed by atoms with E-state index < -0.39 is 21.9 Å². The minimum absolute atomic E-state index is 0.0737. The highest BCUT2D eigenvalue weighted by Gasteiger charge is 2.14. The summed E-state index contributed by atoms with van der Waals surface area (Å²) in [6.45, 7) is 0.143. The second-order valence-corrected chi connectivity index (χ2v) is 7.50. The van der Waals surface area contributed by atoms with Crippen molar-refractivity contribution < 1.29 is 17.6 Å². The molecule has 0 bridgehead atoms. The maximum absolute atomic E-state index is 13.4. The number of rotatable bonds is 5. The van der Waals surface area contributed by atoms with Gasteiger partial charge in [0.05, 0.1) is 12.2 Å². The molecule has 0 fully saturated rings. The molecule has 1 aromatic carbocycles. The summed E-state index contributed by atoms with van der Waals surface area (Å²) in [5.41, 5.74) is 0.0737. The van der Waals surface area contributed by atoms with Crippen LogP contribution >= 0.6 is 11.3 Å². The van der Waals surface area contributed by atoms with Gasteiger partial charge in [0, 0.05) is 4.88 Å². The van der Waals surface area contributed by atoms with Crippen molar-refractivity contribution in [1.29, 1.82) is 0 Å². The van der Waals surface area contributed by atoms with E-state index in [2.05, 4.69) is 15.4 Å². The Morgan fingerprint density at radius 2 is 1.95 bits per heavy atom. The van der Waals surface area contributed by atoms with Gasteiger partial charge in [0.1, 0.15) is 10.0 Å². The number of nitrogens with one attached hydrogen (secondary N) is 3. The van der Waals surface area contributed by atoms with Crippen molar-refractivity contribution in [2.24, 2.45) is 0 Å². The summed E-state index contributed by atoms with van der Waals surface area (Å²) >= 11 is 1.05. The summed E-state index contributed by atoms with van der Waals surface area (Å²) in [5, 5.41) is 4.91. The van der Waals surface area contributed by atoms with Gasteiger partial charge < -0.3 is 10.6 Å². The van der Waals surface area contributed by atoms with Gasteiger partial charge in [0.15, 0.2) is 0 Å². The molecule has 0 unspecified atom stereocenters. The first-order valence-corrected chi connectivity index (χ1v) is 8.54. The molecule has 0 spiro atoms. The second kappa shape index (κ2) is 6.86. The normalized spacial score (nSPS) is 11.2. The number of thiophene rings is 1. The van der Waals surface area contributed by atoms with Gasteiger partial charge in [-0.2, -0.15) is 0 Å². The lowest BCUT2D eigenvalue weighted by atomic mass is 10.3. The van der Waals surface area contributed by atoms with E-state index in [-0.39, 0.29) is 16.4 Å². The molecule has 22 heavy (non-hydrogen) atoms. The Hall–Kier alpha value is -1.97. The number of sulfonamides is 1. The number of hydrogen-bond donors (Lipinski definition) is 3. The quantitative estimate of drug-likeness (QED) is 0.777. The van der Waals surface area contributed by atoms with Crippen LogP contribution in [0.2, 0.25) is 0 Å². The molecule has 2 aromatic rings. The summed E-state index contributed by atoms with van der Waals surface area (Å²) in [4.78, 5) is 12.3.